The second-order valence-corrected chi connectivity index (χ2v) is 4.49. The lowest BCUT2D eigenvalue weighted by Crippen LogP contribution is -2.28. The monoisotopic (exact) mass is 303 g/mol. The Bertz CT molecular complexity index is 614. The van der Waals surface area contributed by atoms with Crippen molar-refractivity contribution in [2.24, 2.45) is 0 Å². The molecule has 0 aliphatic carbocycles. The third kappa shape index (κ3) is 4.48. The number of benzene rings is 2. The third-order valence-corrected chi connectivity index (χ3v) is 2.91. The van der Waals surface area contributed by atoms with Crippen LogP contribution in [0.15, 0.2) is 48.5 Å². The van der Waals surface area contributed by atoms with Crippen LogP contribution in [0, 0.1) is 5.82 Å². The van der Waals surface area contributed by atoms with Crippen molar-refractivity contribution in [3.63, 3.8) is 0 Å². The number of hydrogen-bond donors (Lipinski definition) is 1. The molecule has 0 aromatic heterocycles. The quantitative estimate of drug-likeness (QED) is 0.800. The largest absolute Gasteiger partial charge is 0.494 e. The molecule has 0 saturated heterocycles. The summed E-state index contributed by atoms with van der Waals surface area (Å²) in [6, 6.07) is 13.1. The molecule has 0 spiro atoms. The van der Waals surface area contributed by atoms with Gasteiger partial charge in [-0.1, -0.05) is 12.1 Å². The molecule has 0 radical (unpaired) electrons. The maximum Gasteiger partial charge on any atom is 0.254 e. The first-order valence-corrected chi connectivity index (χ1v) is 7.09. The molecule has 2 aromatic rings. The fraction of sp³-hybridized carbons (Fsp3) is 0.235. The zero-order valence-corrected chi connectivity index (χ0v) is 12.3. The summed E-state index contributed by atoms with van der Waals surface area (Å²) in [7, 11) is 0. The standard InChI is InChI=1S/C17H18FNO3/c1-2-21-13-7-9-14(10-8-13)22-12-11-19-17(20)15-5-3-4-6-16(15)18/h3-10H,2,11-12H2,1H3,(H,19,20). The van der Waals surface area contributed by atoms with Crippen LogP contribution in [0.3, 0.4) is 0 Å². The van der Waals surface area contributed by atoms with Crippen LogP contribution in [0.1, 0.15) is 17.3 Å². The van der Waals surface area contributed by atoms with Gasteiger partial charge in [0.2, 0.25) is 0 Å². The Hall–Kier alpha value is -2.56. The van der Waals surface area contributed by atoms with E-state index in [9.17, 15) is 9.18 Å². The van der Waals surface area contributed by atoms with E-state index in [0.29, 0.717) is 25.5 Å². The molecule has 0 bridgehead atoms. The van der Waals surface area contributed by atoms with Crippen molar-refractivity contribution in [3.05, 3.63) is 59.9 Å². The first kappa shape index (κ1) is 15.8. The number of nitrogens with one attached hydrogen (secondary N) is 1. The van der Waals surface area contributed by atoms with Crippen LogP contribution in [0.5, 0.6) is 11.5 Å². The van der Waals surface area contributed by atoms with Crippen molar-refractivity contribution in [1.82, 2.24) is 5.32 Å². The van der Waals surface area contributed by atoms with Gasteiger partial charge < -0.3 is 14.8 Å². The Morgan fingerprint density at radius 2 is 1.68 bits per heavy atom. The van der Waals surface area contributed by atoms with E-state index in [0.717, 1.165) is 5.75 Å². The van der Waals surface area contributed by atoms with Gasteiger partial charge in [0.1, 0.15) is 23.9 Å². The Morgan fingerprint density at radius 3 is 2.32 bits per heavy atom. The van der Waals surface area contributed by atoms with Crippen molar-refractivity contribution in [1.29, 1.82) is 0 Å². The molecule has 2 rings (SSSR count). The summed E-state index contributed by atoms with van der Waals surface area (Å²) in [5.74, 6) is 0.479. The molecule has 22 heavy (non-hydrogen) atoms. The Morgan fingerprint density at radius 1 is 1.05 bits per heavy atom. The van der Waals surface area contributed by atoms with Crippen LogP contribution in [-0.4, -0.2) is 25.7 Å². The van der Waals surface area contributed by atoms with Crippen molar-refractivity contribution >= 4 is 5.91 Å². The fourth-order valence-corrected chi connectivity index (χ4v) is 1.87. The van der Waals surface area contributed by atoms with Gasteiger partial charge in [-0.05, 0) is 43.3 Å². The zero-order chi connectivity index (χ0) is 15.8. The first-order valence-electron chi connectivity index (χ1n) is 7.09. The summed E-state index contributed by atoms with van der Waals surface area (Å²) in [5.41, 5.74) is 0.0311. The summed E-state index contributed by atoms with van der Waals surface area (Å²) in [5, 5.41) is 2.61. The highest BCUT2D eigenvalue weighted by Crippen LogP contribution is 2.17. The van der Waals surface area contributed by atoms with E-state index in [4.69, 9.17) is 9.47 Å². The van der Waals surface area contributed by atoms with E-state index in [2.05, 4.69) is 5.32 Å². The van der Waals surface area contributed by atoms with Gasteiger partial charge in [0.15, 0.2) is 0 Å². The van der Waals surface area contributed by atoms with Gasteiger partial charge in [-0.2, -0.15) is 0 Å². The van der Waals surface area contributed by atoms with Crippen LogP contribution in [0.2, 0.25) is 0 Å². The van der Waals surface area contributed by atoms with Crippen molar-refractivity contribution in [2.45, 2.75) is 6.92 Å². The number of hydrogen-bond acceptors (Lipinski definition) is 3. The average molecular weight is 303 g/mol. The molecule has 0 atom stereocenters. The maximum atomic E-state index is 13.4. The van der Waals surface area contributed by atoms with E-state index in [1.165, 1.54) is 12.1 Å². The third-order valence-electron chi connectivity index (χ3n) is 2.91. The predicted molar refractivity (Wildman–Crippen MR) is 81.8 cm³/mol. The summed E-state index contributed by atoms with van der Waals surface area (Å²) in [4.78, 5) is 11.8. The summed E-state index contributed by atoms with van der Waals surface area (Å²) >= 11 is 0. The van der Waals surface area contributed by atoms with Crippen LogP contribution in [-0.2, 0) is 0 Å². The molecular weight excluding hydrogens is 285 g/mol. The van der Waals surface area contributed by atoms with Gasteiger partial charge >= 0.3 is 0 Å². The molecule has 2 aromatic carbocycles. The Kier molecular flexibility index (Phi) is 5.77. The Balaban J connectivity index is 1.75. The van der Waals surface area contributed by atoms with Crippen LogP contribution < -0.4 is 14.8 Å². The van der Waals surface area contributed by atoms with Crippen LogP contribution in [0.4, 0.5) is 4.39 Å². The molecular formula is C17H18FNO3. The predicted octanol–water partition coefficient (Wildman–Crippen LogP) is 3.03. The van der Waals surface area contributed by atoms with E-state index in [1.807, 2.05) is 19.1 Å². The second kappa shape index (κ2) is 8.02. The second-order valence-electron chi connectivity index (χ2n) is 4.49. The lowest BCUT2D eigenvalue weighted by molar-refractivity contribution is 0.0943. The molecule has 0 heterocycles. The lowest BCUT2D eigenvalue weighted by atomic mass is 10.2. The highest BCUT2D eigenvalue weighted by atomic mass is 19.1. The van der Waals surface area contributed by atoms with E-state index < -0.39 is 11.7 Å². The molecule has 5 heteroatoms. The average Bonchev–Trinajstić information content (AvgIpc) is 2.53. The van der Waals surface area contributed by atoms with Gasteiger partial charge in [-0.3, -0.25) is 4.79 Å². The van der Waals surface area contributed by atoms with Crippen LogP contribution in [0.25, 0.3) is 0 Å². The van der Waals surface area contributed by atoms with Crippen molar-refractivity contribution < 1.29 is 18.7 Å². The molecule has 0 saturated carbocycles. The highest BCUT2D eigenvalue weighted by Gasteiger charge is 2.09. The number of ether oxygens (including phenoxy) is 2. The minimum atomic E-state index is -0.535. The number of carbonyl (C=O) groups excluding carboxylic acids is 1. The number of rotatable bonds is 7. The normalized spacial score (nSPS) is 10.1. The molecule has 0 aliphatic rings. The summed E-state index contributed by atoms with van der Waals surface area (Å²) < 4.78 is 24.2. The number of carbonyl (C=O) groups is 1. The molecule has 1 N–H and O–H groups in total. The molecule has 4 nitrogen and oxygen atoms in total. The fourth-order valence-electron chi connectivity index (χ4n) is 1.87. The van der Waals surface area contributed by atoms with Gasteiger partial charge in [0.05, 0.1) is 18.7 Å². The summed E-state index contributed by atoms with van der Waals surface area (Å²) in [6.07, 6.45) is 0. The number of halogens is 1. The molecule has 0 unspecified atom stereocenters. The van der Waals surface area contributed by atoms with Gasteiger partial charge in [0, 0.05) is 0 Å². The molecule has 0 fully saturated rings. The molecule has 116 valence electrons. The van der Waals surface area contributed by atoms with Gasteiger partial charge in [-0.25, -0.2) is 4.39 Å². The van der Waals surface area contributed by atoms with E-state index >= 15 is 0 Å². The van der Waals surface area contributed by atoms with E-state index in [1.54, 1.807) is 24.3 Å². The lowest BCUT2D eigenvalue weighted by Gasteiger charge is -2.09. The molecule has 0 aliphatic heterocycles. The summed E-state index contributed by atoms with van der Waals surface area (Å²) in [6.45, 7) is 3.12. The van der Waals surface area contributed by atoms with Gasteiger partial charge in [-0.15, -0.1) is 0 Å². The van der Waals surface area contributed by atoms with Crippen molar-refractivity contribution in [3.8, 4) is 11.5 Å². The highest BCUT2D eigenvalue weighted by molar-refractivity contribution is 5.94. The first-order chi connectivity index (χ1) is 10.7. The molecule has 1 amide bonds. The van der Waals surface area contributed by atoms with Gasteiger partial charge in [0.25, 0.3) is 5.91 Å². The Labute approximate surface area is 128 Å². The maximum absolute atomic E-state index is 13.4. The van der Waals surface area contributed by atoms with Crippen molar-refractivity contribution in [2.75, 3.05) is 19.8 Å². The zero-order valence-electron chi connectivity index (χ0n) is 12.3. The SMILES string of the molecule is CCOc1ccc(OCCNC(=O)c2ccccc2F)cc1. The topological polar surface area (TPSA) is 47.6 Å². The number of amides is 1. The minimum absolute atomic E-state index is 0.0311. The smallest absolute Gasteiger partial charge is 0.254 e. The van der Waals surface area contributed by atoms with E-state index in [-0.39, 0.29) is 5.56 Å². The van der Waals surface area contributed by atoms with Crippen LogP contribution >= 0.6 is 0 Å². The minimum Gasteiger partial charge on any atom is -0.494 e.